The molecule has 1 heterocycles. The van der Waals surface area contributed by atoms with Crippen LogP contribution in [-0.4, -0.2) is 24.0 Å². The summed E-state index contributed by atoms with van der Waals surface area (Å²) in [5.41, 5.74) is 7.86. The van der Waals surface area contributed by atoms with E-state index in [1.54, 1.807) is 0 Å². The maximum atomic E-state index is 12.3. The van der Waals surface area contributed by atoms with E-state index < -0.39 is 0 Å². The number of nitrogens with two attached hydrogens (primary N) is 1. The Morgan fingerprint density at radius 1 is 1.36 bits per heavy atom. The molecule has 1 aromatic carbocycles. The van der Waals surface area contributed by atoms with E-state index >= 15 is 0 Å². The van der Waals surface area contributed by atoms with Gasteiger partial charge in [-0.05, 0) is 37.6 Å². The average Bonchev–Trinajstić information content (AvgIpc) is 2.42. The van der Waals surface area contributed by atoms with E-state index in [-0.39, 0.29) is 36.6 Å². The second-order valence-corrected chi connectivity index (χ2v) is 5.94. The molecule has 4 nitrogen and oxygen atoms in total. The molecule has 0 saturated heterocycles. The lowest BCUT2D eigenvalue weighted by Crippen LogP contribution is -2.31. The van der Waals surface area contributed by atoms with Crippen LogP contribution in [0.15, 0.2) is 28.7 Å². The molecule has 122 valence electrons. The van der Waals surface area contributed by atoms with Gasteiger partial charge in [-0.3, -0.25) is 9.78 Å². The first-order chi connectivity index (χ1) is 9.51. The maximum Gasteiger partial charge on any atom is 0.252 e. The number of pyridine rings is 1. The number of halogens is 3. The fourth-order valence-electron chi connectivity index (χ4n) is 1.97. The summed E-state index contributed by atoms with van der Waals surface area (Å²) in [4.78, 5) is 16.8. The van der Waals surface area contributed by atoms with Gasteiger partial charge in [0.05, 0.1) is 11.1 Å². The number of hydrogen-bond acceptors (Lipinski definition) is 3. The van der Waals surface area contributed by atoms with Crippen molar-refractivity contribution in [3.8, 4) is 0 Å². The predicted octanol–water partition coefficient (Wildman–Crippen LogP) is 3.47. The average molecular weight is 409 g/mol. The van der Waals surface area contributed by atoms with Crippen molar-refractivity contribution in [3.63, 3.8) is 0 Å². The van der Waals surface area contributed by atoms with Crippen molar-refractivity contribution in [3.05, 3.63) is 40.0 Å². The topological polar surface area (TPSA) is 68.0 Å². The summed E-state index contributed by atoms with van der Waals surface area (Å²) < 4.78 is 0.950. The molecule has 2 aromatic rings. The van der Waals surface area contributed by atoms with Crippen molar-refractivity contribution < 1.29 is 4.79 Å². The van der Waals surface area contributed by atoms with Crippen molar-refractivity contribution >= 4 is 57.6 Å². The number of nitrogens with one attached hydrogen (secondary N) is 1. The Balaban J connectivity index is 0.00000220. The van der Waals surface area contributed by atoms with Crippen LogP contribution in [0.5, 0.6) is 0 Å². The summed E-state index contributed by atoms with van der Waals surface area (Å²) in [6.45, 7) is 5.03. The molecule has 0 fully saturated rings. The highest BCUT2D eigenvalue weighted by Crippen LogP contribution is 2.22. The van der Waals surface area contributed by atoms with Crippen LogP contribution in [0.4, 0.5) is 0 Å². The lowest BCUT2D eigenvalue weighted by Gasteiger charge is -2.12. The molecule has 1 aromatic heterocycles. The minimum absolute atomic E-state index is 0. The number of fused-ring (bicyclic) bond motifs is 1. The Bertz CT molecular complexity index is 647. The summed E-state index contributed by atoms with van der Waals surface area (Å²) in [5.74, 6) is 0.186. The first kappa shape index (κ1) is 21.1. The minimum Gasteiger partial charge on any atom is -0.352 e. The highest BCUT2D eigenvalue weighted by Gasteiger charge is 2.12. The zero-order chi connectivity index (χ0) is 14.7. The van der Waals surface area contributed by atoms with Gasteiger partial charge in [0.1, 0.15) is 0 Å². The summed E-state index contributed by atoms with van der Waals surface area (Å²) in [7, 11) is 0. The number of aromatic nitrogens is 1. The van der Waals surface area contributed by atoms with Gasteiger partial charge < -0.3 is 11.1 Å². The molecule has 2 rings (SSSR count). The lowest BCUT2D eigenvalue weighted by molar-refractivity contribution is 0.0950. The van der Waals surface area contributed by atoms with E-state index in [1.165, 1.54) is 0 Å². The summed E-state index contributed by atoms with van der Waals surface area (Å²) in [6, 6.07) is 7.56. The standard InChI is InChI=1S/C15H18BrN3O.2ClH/c1-9(7-17)8-18-15(20)13-5-10(2)19-14-6-11(16)3-4-12(13)14;;/h3-6,9H,7-8,17H2,1-2H3,(H,18,20);2*1H. The van der Waals surface area contributed by atoms with E-state index in [2.05, 4.69) is 26.2 Å². The Kier molecular flexibility index (Phi) is 8.93. The molecular formula is C15H20BrCl2N3O. The fraction of sp³-hybridized carbons (Fsp3) is 0.333. The molecule has 3 N–H and O–H groups in total. The zero-order valence-electron chi connectivity index (χ0n) is 12.4. The van der Waals surface area contributed by atoms with Gasteiger partial charge in [0.2, 0.25) is 0 Å². The Hall–Kier alpha value is -0.880. The van der Waals surface area contributed by atoms with E-state index in [1.807, 2.05) is 38.1 Å². The van der Waals surface area contributed by atoms with Crippen molar-refractivity contribution in [2.75, 3.05) is 13.1 Å². The van der Waals surface area contributed by atoms with Gasteiger partial charge in [-0.2, -0.15) is 0 Å². The highest BCUT2D eigenvalue weighted by atomic mass is 79.9. The van der Waals surface area contributed by atoms with E-state index in [9.17, 15) is 4.79 Å². The van der Waals surface area contributed by atoms with Crippen molar-refractivity contribution in [1.82, 2.24) is 10.3 Å². The zero-order valence-corrected chi connectivity index (χ0v) is 15.6. The molecule has 1 unspecified atom stereocenters. The lowest BCUT2D eigenvalue weighted by atomic mass is 10.1. The number of carbonyl (C=O) groups is 1. The third-order valence-electron chi connectivity index (χ3n) is 3.16. The molecule has 0 aliphatic rings. The highest BCUT2D eigenvalue weighted by molar-refractivity contribution is 9.10. The van der Waals surface area contributed by atoms with Crippen LogP contribution in [-0.2, 0) is 0 Å². The van der Waals surface area contributed by atoms with E-state index in [0.717, 1.165) is 21.1 Å². The summed E-state index contributed by atoms with van der Waals surface area (Å²) in [5, 5.41) is 3.78. The van der Waals surface area contributed by atoms with Crippen molar-refractivity contribution in [2.45, 2.75) is 13.8 Å². The van der Waals surface area contributed by atoms with E-state index in [4.69, 9.17) is 5.73 Å². The largest absolute Gasteiger partial charge is 0.352 e. The number of hydrogen-bond donors (Lipinski definition) is 2. The van der Waals surface area contributed by atoms with Crippen molar-refractivity contribution in [1.29, 1.82) is 0 Å². The molecule has 0 bridgehead atoms. The van der Waals surface area contributed by atoms with Crippen LogP contribution in [0.3, 0.4) is 0 Å². The molecule has 0 radical (unpaired) electrons. The molecule has 7 heteroatoms. The predicted molar refractivity (Wildman–Crippen MR) is 99.2 cm³/mol. The molecule has 22 heavy (non-hydrogen) atoms. The molecule has 0 spiro atoms. The first-order valence-corrected chi connectivity index (χ1v) is 7.35. The summed E-state index contributed by atoms with van der Waals surface area (Å²) in [6.07, 6.45) is 0. The second kappa shape index (κ2) is 9.30. The Morgan fingerprint density at radius 3 is 2.68 bits per heavy atom. The third kappa shape index (κ3) is 5.09. The molecule has 0 saturated carbocycles. The van der Waals surface area contributed by atoms with Crippen LogP contribution >= 0.6 is 40.7 Å². The molecule has 0 aliphatic heterocycles. The Morgan fingerprint density at radius 2 is 2.05 bits per heavy atom. The van der Waals surface area contributed by atoms with Gasteiger partial charge in [-0.25, -0.2) is 0 Å². The monoisotopic (exact) mass is 407 g/mol. The van der Waals surface area contributed by atoms with Gasteiger partial charge in [0.25, 0.3) is 5.91 Å². The van der Waals surface area contributed by atoms with Gasteiger partial charge in [0.15, 0.2) is 0 Å². The number of amides is 1. The van der Waals surface area contributed by atoms with Crippen LogP contribution in [0.1, 0.15) is 23.0 Å². The number of carbonyl (C=O) groups excluding carboxylic acids is 1. The van der Waals surface area contributed by atoms with Gasteiger partial charge >= 0.3 is 0 Å². The maximum absolute atomic E-state index is 12.3. The molecular weight excluding hydrogens is 389 g/mol. The van der Waals surface area contributed by atoms with E-state index in [0.29, 0.717) is 18.7 Å². The number of nitrogens with zero attached hydrogens (tertiary/aromatic N) is 1. The van der Waals surface area contributed by atoms with Gasteiger partial charge in [-0.15, -0.1) is 24.8 Å². The van der Waals surface area contributed by atoms with Crippen molar-refractivity contribution in [2.24, 2.45) is 11.7 Å². The van der Waals surface area contributed by atoms with Crippen LogP contribution < -0.4 is 11.1 Å². The smallest absolute Gasteiger partial charge is 0.252 e. The molecule has 1 atom stereocenters. The van der Waals surface area contributed by atoms with Gasteiger partial charge in [0, 0.05) is 22.1 Å². The number of aryl methyl sites for hydroxylation is 1. The second-order valence-electron chi connectivity index (χ2n) is 5.02. The fourth-order valence-corrected chi connectivity index (χ4v) is 2.32. The minimum atomic E-state index is -0.0804. The number of rotatable bonds is 4. The van der Waals surface area contributed by atoms with Crippen LogP contribution in [0.2, 0.25) is 0 Å². The first-order valence-electron chi connectivity index (χ1n) is 6.56. The van der Waals surface area contributed by atoms with Gasteiger partial charge in [-0.1, -0.05) is 28.9 Å². The SMILES string of the molecule is Cc1cc(C(=O)NCC(C)CN)c2ccc(Br)cc2n1.Cl.Cl. The Labute approximate surface area is 151 Å². The molecule has 0 aliphatic carbocycles. The summed E-state index contributed by atoms with van der Waals surface area (Å²) >= 11 is 3.42. The number of benzene rings is 1. The van der Waals surface area contributed by atoms with Crippen LogP contribution in [0.25, 0.3) is 10.9 Å². The quantitative estimate of drug-likeness (QED) is 0.813. The normalized spacial score (nSPS) is 11.3. The third-order valence-corrected chi connectivity index (χ3v) is 3.65. The van der Waals surface area contributed by atoms with Crippen LogP contribution in [0, 0.1) is 12.8 Å². The molecule has 1 amide bonds.